The van der Waals surface area contributed by atoms with E-state index in [1.54, 1.807) is 0 Å². The zero-order valence-corrected chi connectivity index (χ0v) is 9.94. The van der Waals surface area contributed by atoms with Gasteiger partial charge in [-0.25, -0.2) is 0 Å². The molecule has 0 saturated heterocycles. The first-order chi connectivity index (χ1) is 5.75. The van der Waals surface area contributed by atoms with Crippen molar-refractivity contribution < 1.29 is 5.11 Å². The number of aliphatic hydroxyl groups excluding tert-OH is 1. The molecule has 82 valence electrons. The van der Waals surface area contributed by atoms with E-state index in [2.05, 4.69) is 5.32 Å². The summed E-state index contributed by atoms with van der Waals surface area (Å²) in [7, 11) is 1.84. The number of aliphatic hydroxyl groups is 1. The summed E-state index contributed by atoms with van der Waals surface area (Å²) >= 11 is 0. The summed E-state index contributed by atoms with van der Waals surface area (Å²) in [5.41, 5.74) is 0.958. The average Bonchev–Trinajstić information content (AvgIpc) is 2.17. The fourth-order valence-electron chi connectivity index (χ4n) is 1.10. The zero-order chi connectivity index (χ0) is 8.97. The summed E-state index contributed by atoms with van der Waals surface area (Å²) in [4.78, 5) is 0. The maximum Gasteiger partial charge on any atom is 0.0940 e. The molecule has 0 bridgehead atoms. The van der Waals surface area contributed by atoms with Gasteiger partial charge in [-0.05, 0) is 19.5 Å². The normalized spacial score (nSPS) is 13.4. The molecule has 0 aliphatic rings. The summed E-state index contributed by atoms with van der Waals surface area (Å²) in [6.45, 7) is 1.96. The molecule has 2 atom stereocenters. The molecule has 0 aliphatic heterocycles. The van der Waals surface area contributed by atoms with Crippen molar-refractivity contribution in [3.8, 4) is 0 Å². The largest absolute Gasteiger partial charge is 0.387 e. The maximum atomic E-state index is 9.73. The van der Waals surface area contributed by atoms with Crippen molar-refractivity contribution in [1.29, 1.82) is 0 Å². The highest BCUT2D eigenvalue weighted by Crippen LogP contribution is 2.15. The number of nitrogens with one attached hydrogen (secondary N) is 1. The van der Waals surface area contributed by atoms with E-state index in [1.165, 1.54) is 0 Å². The van der Waals surface area contributed by atoms with Gasteiger partial charge in [-0.15, -0.1) is 24.8 Å². The van der Waals surface area contributed by atoms with Crippen molar-refractivity contribution >= 4 is 24.8 Å². The van der Waals surface area contributed by atoms with Gasteiger partial charge in [-0.3, -0.25) is 0 Å². The molecule has 0 unspecified atom stereocenters. The van der Waals surface area contributed by atoms with Gasteiger partial charge in [0.25, 0.3) is 0 Å². The highest BCUT2D eigenvalue weighted by atomic mass is 35.5. The molecule has 1 rings (SSSR count). The monoisotopic (exact) mass is 237 g/mol. The Morgan fingerprint density at radius 2 is 1.64 bits per heavy atom. The number of rotatable bonds is 3. The summed E-state index contributed by atoms with van der Waals surface area (Å²) in [6.07, 6.45) is -0.420. The quantitative estimate of drug-likeness (QED) is 0.845. The number of benzene rings is 1. The van der Waals surface area contributed by atoms with E-state index in [1.807, 2.05) is 44.3 Å². The Morgan fingerprint density at radius 3 is 2.07 bits per heavy atom. The Labute approximate surface area is 97.5 Å². The van der Waals surface area contributed by atoms with Gasteiger partial charge in [0.1, 0.15) is 0 Å². The smallest absolute Gasteiger partial charge is 0.0940 e. The summed E-state index contributed by atoms with van der Waals surface area (Å²) in [5.74, 6) is 0. The van der Waals surface area contributed by atoms with Crippen LogP contribution in [0.4, 0.5) is 0 Å². The van der Waals surface area contributed by atoms with Crippen LogP contribution in [-0.2, 0) is 0 Å². The SMILES string of the molecule is CN[C@@H](C)[C@@H](O)c1ccccc1.Cl.Cl. The molecule has 0 fully saturated rings. The third-order valence-corrected chi connectivity index (χ3v) is 2.07. The van der Waals surface area contributed by atoms with Crippen molar-refractivity contribution in [2.45, 2.75) is 19.1 Å². The molecule has 0 saturated carbocycles. The molecular formula is C10H17Cl2NO. The minimum atomic E-state index is -0.420. The van der Waals surface area contributed by atoms with Gasteiger partial charge in [0, 0.05) is 6.04 Å². The molecule has 0 aromatic heterocycles. The van der Waals surface area contributed by atoms with Gasteiger partial charge >= 0.3 is 0 Å². The third kappa shape index (κ3) is 4.29. The van der Waals surface area contributed by atoms with Crippen molar-refractivity contribution in [3.05, 3.63) is 35.9 Å². The van der Waals surface area contributed by atoms with Gasteiger partial charge in [0.05, 0.1) is 6.10 Å². The van der Waals surface area contributed by atoms with Crippen molar-refractivity contribution in [2.75, 3.05) is 7.05 Å². The van der Waals surface area contributed by atoms with Crippen LogP contribution in [0.3, 0.4) is 0 Å². The molecular weight excluding hydrogens is 221 g/mol. The van der Waals surface area contributed by atoms with Crippen LogP contribution in [0.5, 0.6) is 0 Å². The lowest BCUT2D eigenvalue weighted by molar-refractivity contribution is 0.140. The topological polar surface area (TPSA) is 32.3 Å². The Hall–Kier alpha value is -0.280. The van der Waals surface area contributed by atoms with Crippen molar-refractivity contribution in [3.63, 3.8) is 0 Å². The second-order valence-corrected chi connectivity index (χ2v) is 2.93. The number of hydrogen-bond donors (Lipinski definition) is 2. The van der Waals surface area contributed by atoms with Crippen LogP contribution in [0.25, 0.3) is 0 Å². The Kier molecular flexibility index (Phi) is 9.31. The van der Waals surface area contributed by atoms with Gasteiger partial charge < -0.3 is 10.4 Å². The standard InChI is InChI=1S/C10H15NO.2ClH/c1-8(11-2)10(12)9-6-4-3-5-7-9;;/h3-8,10-12H,1-2H3;2*1H/t8-,10+;;/m0../s1. The van der Waals surface area contributed by atoms with E-state index in [9.17, 15) is 5.11 Å². The minimum absolute atomic E-state index is 0. The van der Waals surface area contributed by atoms with E-state index in [0.29, 0.717) is 0 Å². The second-order valence-electron chi connectivity index (χ2n) is 2.93. The molecule has 2 nitrogen and oxygen atoms in total. The van der Waals surface area contributed by atoms with Crippen LogP contribution < -0.4 is 5.32 Å². The first kappa shape index (κ1) is 16.2. The first-order valence-electron chi connectivity index (χ1n) is 4.16. The van der Waals surface area contributed by atoms with Gasteiger partial charge in [-0.1, -0.05) is 30.3 Å². The minimum Gasteiger partial charge on any atom is -0.387 e. The molecule has 1 aromatic carbocycles. The second kappa shape index (κ2) is 8.06. The van der Waals surface area contributed by atoms with Crippen LogP contribution in [0.15, 0.2) is 30.3 Å². The summed E-state index contributed by atoms with van der Waals surface area (Å²) in [5, 5.41) is 12.7. The van der Waals surface area contributed by atoms with E-state index < -0.39 is 6.10 Å². The summed E-state index contributed by atoms with van der Waals surface area (Å²) < 4.78 is 0. The van der Waals surface area contributed by atoms with E-state index in [-0.39, 0.29) is 30.9 Å². The molecule has 14 heavy (non-hydrogen) atoms. The Morgan fingerprint density at radius 1 is 1.14 bits per heavy atom. The Bertz CT molecular complexity index is 231. The summed E-state index contributed by atoms with van der Waals surface area (Å²) in [6, 6.07) is 9.76. The van der Waals surface area contributed by atoms with E-state index in [0.717, 1.165) is 5.56 Å². The molecule has 1 aromatic rings. The Balaban J connectivity index is 0. The lowest BCUT2D eigenvalue weighted by atomic mass is 10.0. The number of halogens is 2. The van der Waals surface area contributed by atoms with Gasteiger partial charge in [-0.2, -0.15) is 0 Å². The molecule has 0 spiro atoms. The van der Waals surface area contributed by atoms with E-state index in [4.69, 9.17) is 0 Å². The zero-order valence-electron chi connectivity index (χ0n) is 8.31. The lowest BCUT2D eigenvalue weighted by Gasteiger charge is -2.17. The molecule has 0 radical (unpaired) electrons. The van der Waals surface area contributed by atoms with Gasteiger partial charge in [0.2, 0.25) is 0 Å². The fraction of sp³-hybridized carbons (Fsp3) is 0.400. The van der Waals surface area contributed by atoms with Gasteiger partial charge in [0.15, 0.2) is 0 Å². The highest BCUT2D eigenvalue weighted by Gasteiger charge is 2.12. The molecule has 0 amide bonds. The highest BCUT2D eigenvalue weighted by molar-refractivity contribution is 5.85. The van der Waals surface area contributed by atoms with Crippen molar-refractivity contribution in [1.82, 2.24) is 5.32 Å². The van der Waals surface area contributed by atoms with Crippen LogP contribution in [0.1, 0.15) is 18.6 Å². The van der Waals surface area contributed by atoms with Crippen LogP contribution >= 0.6 is 24.8 Å². The maximum absolute atomic E-state index is 9.73. The average molecular weight is 238 g/mol. The van der Waals surface area contributed by atoms with Crippen LogP contribution in [0.2, 0.25) is 0 Å². The number of hydrogen-bond acceptors (Lipinski definition) is 2. The number of likely N-dealkylation sites (N-methyl/N-ethyl adjacent to an activating group) is 1. The predicted molar refractivity (Wildman–Crippen MR) is 64.4 cm³/mol. The predicted octanol–water partition coefficient (Wildman–Crippen LogP) is 2.17. The molecule has 0 aliphatic carbocycles. The van der Waals surface area contributed by atoms with E-state index >= 15 is 0 Å². The fourth-order valence-corrected chi connectivity index (χ4v) is 1.10. The first-order valence-corrected chi connectivity index (χ1v) is 4.16. The molecule has 4 heteroatoms. The molecule has 2 N–H and O–H groups in total. The van der Waals surface area contributed by atoms with Crippen molar-refractivity contribution in [2.24, 2.45) is 0 Å². The van der Waals surface area contributed by atoms with Crippen LogP contribution in [0, 0.1) is 0 Å². The van der Waals surface area contributed by atoms with Crippen LogP contribution in [-0.4, -0.2) is 18.2 Å². The third-order valence-electron chi connectivity index (χ3n) is 2.07. The molecule has 0 heterocycles. The lowest BCUT2D eigenvalue weighted by Crippen LogP contribution is -2.28.